The third kappa shape index (κ3) is 4.16. The minimum Gasteiger partial charge on any atom is -0.339 e. The van der Waals surface area contributed by atoms with Crippen LogP contribution < -0.4 is 10.9 Å². The Bertz CT molecular complexity index is 1260. The lowest BCUT2D eigenvalue weighted by atomic mass is 9.95. The van der Waals surface area contributed by atoms with E-state index < -0.39 is 0 Å². The number of benzene rings is 2. The summed E-state index contributed by atoms with van der Waals surface area (Å²) in [6.07, 6.45) is 1.08. The standard InChI is InChI=1S/C25H25N3O2S/c1-4-16(2)17-11-13-18(14-12-17)22(21-10-7-15-31-21)26-24(29)23-19-8-5-6-9-20(19)25(30)28(3)27-23/h5-16,22H,4H2,1-3H3,(H,26,29)/t16-,22-/m0/s1. The van der Waals surface area contributed by atoms with Crippen molar-refractivity contribution in [1.82, 2.24) is 15.1 Å². The topological polar surface area (TPSA) is 64.0 Å². The van der Waals surface area contributed by atoms with Crippen LogP contribution in [-0.2, 0) is 7.05 Å². The first-order valence-corrected chi connectivity index (χ1v) is 11.3. The number of fused-ring (bicyclic) bond motifs is 1. The highest BCUT2D eigenvalue weighted by atomic mass is 32.1. The van der Waals surface area contributed by atoms with Gasteiger partial charge in [-0.15, -0.1) is 11.3 Å². The Hall–Kier alpha value is -3.25. The van der Waals surface area contributed by atoms with Gasteiger partial charge in [0.15, 0.2) is 5.69 Å². The van der Waals surface area contributed by atoms with E-state index in [2.05, 4.69) is 48.5 Å². The third-order valence-electron chi connectivity index (χ3n) is 5.73. The van der Waals surface area contributed by atoms with Crippen molar-refractivity contribution >= 4 is 28.0 Å². The molecule has 0 aliphatic rings. The molecule has 4 rings (SSSR count). The lowest BCUT2D eigenvalue weighted by molar-refractivity contribution is 0.0938. The largest absolute Gasteiger partial charge is 0.339 e. The monoisotopic (exact) mass is 431 g/mol. The zero-order valence-electron chi connectivity index (χ0n) is 17.8. The summed E-state index contributed by atoms with van der Waals surface area (Å²) in [5.41, 5.74) is 2.32. The molecule has 2 aromatic carbocycles. The molecule has 0 fully saturated rings. The van der Waals surface area contributed by atoms with Gasteiger partial charge in [-0.2, -0.15) is 5.10 Å². The summed E-state index contributed by atoms with van der Waals surface area (Å²) in [5.74, 6) is 0.182. The van der Waals surface area contributed by atoms with Gasteiger partial charge >= 0.3 is 0 Å². The minimum atomic E-state index is -0.309. The Labute approximate surface area is 185 Å². The average molecular weight is 432 g/mol. The highest BCUT2D eigenvalue weighted by Crippen LogP contribution is 2.28. The summed E-state index contributed by atoms with van der Waals surface area (Å²) in [5, 5.41) is 10.5. The molecule has 0 saturated carbocycles. The van der Waals surface area contributed by atoms with Crippen LogP contribution in [0.25, 0.3) is 10.8 Å². The smallest absolute Gasteiger partial charge is 0.274 e. The normalized spacial score (nSPS) is 13.1. The number of nitrogens with one attached hydrogen (secondary N) is 1. The lowest BCUT2D eigenvalue weighted by Crippen LogP contribution is -2.32. The Morgan fingerprint density at radius 1 is 1.03 bits per heavy atom. The van der Waals surface area contributed by atoms with Crippen molar-refractivity contribution in [3.05, 3.63) is 98.1 Å². The molecule has 158 valence electrons. The molecule has 0 saturated heterocycles. The molecule has 6 heteroatoms. The van der Waals surface area contributed by atoms with Gasteiger partial charge in [0.2, 0.25) is 0 Å². The SMILES string of the molecule is CC[C@H](C)c1ccc([C@H](NC(=O)c2nn(C)c(=O)c3ccccc23)c2cccs2)cc1. The van der Waals surface area contributed by atoms with Gasteiger partial charge in [0.25, 0.3) is 11.5 Å². The molecule has 2 aromatic heterocycles. The molecule has 0 radical (unpaired) electrons. The summed E-state index contributed by atoms with van der Waals surface area (Å²) < 4.78 is 1.22. The van der Waals surface area contributed by atoms with Crippen molar-refractivity contribution < 1.29 is 4.79 Å². The molecule has 0 aliphatic heterocycles. The minimum absolute atomic E-state index is 0.220. The van der Waals surface area contributed by atoms with E-state index in [9.17, 15) is 9.59 Å². The molecule has 0 unspecified atom stereocenters. The zero-order valence-corrected chi connectivity index (χ0v) is 18.6. The van der Waals surface area contributed by atoms with E-state index in [4.69, 9.17) is 0 Å². The van der Waals surface area contributed by atoms with Crippen LogP contribution >= 0.6 is 11.3 Å². The number of thiophene rings is 1. The summed E-state index contributed by atoms with van der Waals surface area (Å²) >= 11 is 1.60. The number of hydrogen-bond donors (Lipinski definition) is 1. The number of nitrogens with zero attached hydrogens (tertiary/aromatic N) is 2. The van der Waals surface area contributed by atoms with Gasteiger partial charge in [0.1, 0.15) is 0 Å². The summed E-state index contributed by atoms with van der Waals surface area (Å²) in [6, 6.07) is 19.2. The average Bonchev–Trinajstić information content (AvgIpc) is 3.34. The van der Waals surface area contributed by atoms with E-state index >= 15 is 0 Å². The molecule has 5 nitrogen and oxygen atoms in total. The molecule has 1 N–H and O–H groups in total. The summed E-state index contributed by atoms with van der Waals surface area (Å²) in [4.78, 5) is 26.8. The van der Waals surface area contributed by atoms with E-state index in [-0.39, 0.29) is 23.2 Å². The maximum Gasteiger partial charge on any atom is 0.274 e. The Kier molecular flexibility index (Phi) is 6.00. The fourth-order valence-electron chi connectivity index (χ4n) is 3.69. The quantitative estimate of drug-likeness (QED) is 0.466. The second kappa shape index (κ2) is 8.86. The maximum atomic E-state index is 13.3. The van der Waals surface area contributed by atoms with Gasteiger partial charge in [-0.05, 0) is 41.0 Å². The van der Waals surface area contributed by atoms with Crippen molar-refractivity contribution in [2.75, 3.05) is 0 Å². The highest BCUT2D eigenvalue weighted by Gasteiger charge is 2.22. The third-order valence-corrected chi connectivity index (χ3v) is 6.66. The predicted molar refractivity (Wildman–Crippen MR) is 126 cm³/mol. The number of carbonyl (C=O) groups excluding carboxylic acids is 1. The van der Waals surface area contributed by atoms with Crippen LogP contribution in [0.3, 0.4) is 0 Å². The number of amides is 1. The molecule has 2 heterocycles. The van der Waals surface area contributed by atoms with Crippen LogP contribution in [0.15, 0.2) is 70.8 Å². The van der Waals surface area contributed by atoms with Crippen molar-refractivity contribution in [2.45, 2.75) is 32.2 Å². The molecular formula is C25H25N3O2S. The van der Waals surface area contributed by atoms with Crippen LogP contribution in [0.2, 0.25) is 0 Å². The van der Waals surface area contributed by atoms with Crippen LogP contribution in [0.5, 0.6) is 0 Å². The van der Waals surface area contributed by atoms with Crippen LogP contribution in [0, 0.1) is 0 Å². The highest BCUT2D eigenvalue weighted by molar-refractivity contribution is 7.10. The van der Waals surface area contributed by atoms with E-state index in [0.29, 0.717) is 16.7 Å². The van der Waals surface area contributed by atoms with Crippen molar-refractivity contribution in [2.24, 2.45) is 7.05 Å². The molecule has 0 spiro atoms. The molecule has 4 aromatic rings. The van der Waals surface area contributed by atoms with E-state index in [0.717, 1.165) is 16.9 Å². The second-order valence-electron chi connectivity index (χ2n) is 7.72. The number of aromatic nitrogens is 2. The fraction of sp³-hybridized carbons (Fsp3) is 0.240. The van der Waals surface area contributed by atoms with Crippen LogP contribution in [0.1, 0.15) is 58.7 Å². The predicted octanol–water partition coefficient (Wildman–Crippen LogP) is 5.03. The van der Waals surface area contributed by atoms with Crippen molar-refractivity contribution in [1.29, 1.82) is 0 Å². The Morgan fingerprint density at radius 2 is 1.71 bits per heavy atom. The van der Waals surface area contributed by atoms with Gasteiger partial charge in [0, 0.05) is 17.3 Å². The molecule has 0 aliphatic carbocycles. The first kappa shape index (κ1) is 21.0. The van der Waals surface area contributed by atoms with Crippen molar-refractivity contribution in [3.63, 3.8) is 0 Å². The summed E-state index contributed by atoms with van der Waals surface area (Å²) in [7, 11) is 1.57. The number of carbonyl (C=O) groups is 1. The Morgan fingerprint density at radius 3 is 2.35 bits per heavy atom. The second-order valence-corrected chi connectivity index (χ2v) is 8.70. The zero-order chi connectivity index (χ0) is 22.0. The maximum absolute atomic E-state index is 13.3. The van der Waals surface area contributed by atoms with Gasteiger partial charge < -0.3 is 5.32 Å². The van der Waals surface area contributed by atoms with E-state index in [1.54, 1.807) is 36.6 Å². The number of rotatable bonds is 6. The molecule has 0 bridgehead atoms. The lowest BCUT2D eigenvalue weighted by Gasteiger charge is -2.19. The Balaban J connectivity index is 1.72. The van der Waals surface area contributed by atoms with Crippen LogP contribution in [0.4, 0.5) is 0 Å². The van der Waals surface area contributed by atoms with Crippen LogP contribution in [-0.4, -0.2) is 15.7 Å². The van der Waals surface area contributed by atoms with Gasteiger partial charge in [0.05, 0.1) is 11.4 Å². The molecular weight excluding hydrogens is 406 g/mol. The molecule has 31 heavy (non-hydrogen) atoms. The van der Waals surface area contributed by atoms with Gasteiger partial charge in [-0.25, -0.2) is 4.68 Å². The van der Waals surface area contributed by atoms with E-state index in [1.807, 2.05) is 23.6 Å². The number of hydrogen-bond acceptors (Lipinski definition) is 4. The van der Waals surface area contributed by atoms with Crippen molar-refractivity contribution in [3.8, 4) is 0 Å². The molecule has 2 atom stereocenters. The van der Waals surface area contributed by atoms with E-state index in [1.165, 1.54) is 10.2 Å². The summed E-state index contributed by atoms with van der Waals surface area (Å²) in [6.45, 7) is 4.39. The first-order chi connectivity index (χ1) is 15.0. The molecule has 1 amide bonds. The first-order valence-electron chi connectivity index (χ1n) is 10.4. The van der Waals surface area contributed by atoms with Gasteiger partial charge in [-0.1, -0.05) is 62.4 Å². The van der Waals surface area contributed by atoms with Gasteiger partial charge in [-0.3, -0.25) is 9.59 Å². The number of aryl methyl sites for hydroxylation is 1. The fourth-order valence-corrected chi connectivity index (χ4v) is 4.50.